The average molecular weight is 321 g/mol. The smallest absolute Gasteiger partial charge is 0.293 e. The second kappa shape index (κ2) is 6.13. The van der Waals surface area contributed by atoms with E-state index in [-0.39, 0.29) is 15.7 Å². The molecule has 0 aliphatic carbocycles. The average Bonchev–Trinajstić information content (AvgIpc) is 2.89. The van der Waals surface area contributed by atoms with Crippen molar-refractivity contribution >= 4 is 34.6 Å². The fourth-order valence-corrected chi connectivity index (χ4v) is 2.37. The minimum absolute atomic E-state index is 0.121. The number of nitro benzene ring substituents is 1. The lowest BCUT2D eigenvalue weighted by atomic mass is 10.0. The van der Waals surface area contributed by atoms with E-state index >= 15 is 0 Å². The molecule has 2 rings (SSSR count). The standard InChI is InChI=1S/C12H14Cl2N2O4/c1-19-12(2-3-20-7-12)6-15-10-4-8(13)9(14)5-11(10)16(17)18/h4-5,15H,2-3,6-7H2,1H3. The number of nitrogens with zero attached hydrogens (tertiary/aromatic N) is 1. The van der Waals surface area contributed by atoms with Crippen LogP contribution in [0.25, 0.3) is 0 Å². The lowest BCUT2D eigenvalue weighted by Crippen LogP contribution is -2.39. The van der Waals surface area contributed by atoms with E-state index < -0.39 is 10.5 Å². The third-order valence-corrected chi connectivity index (χ3v) is 4.06. The van der Waals surface area contributed by atoms with E-state index in [0.29, 0.717) is 25.4 Å². The fraction of sp³-hybridized carbons (Fsp3) is 0.500. The van der Waals surface area contributed by atoms with Crippen molar-refractivity contribution in [3.8, 4) is 0 Å². The van der Waals surface area contributed by atoms with Gasteiger partial charge in [0.25, 0.3) is 5.69 Å². The normalized spacial score (nSPS) is 21.9. The summed E-state index contributed by atoms with van der Waals surface area (Å²) in [7, 11) is 1.60. The Hall–Kier alpha value is -1.08. The molecule has 0 radical (unpaired) electrons. The molecule has 8 heteroatoms. The molecule has 20 heavy (non-hydrogen) atoms. The van der Waals surface area contributed by atoms with E-state index in [4.69, 9.17) is 32.7 Å². The molecule has 1 heterocycles. The minimum atomic E-state index is -0.505. The van der Waals surface area contributed by atoms with Gasteiger partial charge < -0.3 is 14.8 Å². The molecule has 0 amide bonds. The van der Waals surface area contributed by atoms with Gasteiger partial charge in [0.15, 0.2) is 0 Å². The second-order valence-electron chi connectivity index (χ2n) is 4.58. The molecule has 1 aromatic rings. The van der Waals surface area contributed by atoms with Gasteiger partial charge in [-0.1, -0.05) is 23.2 Å². The van der Waals surface area contributed by atoms with Crippen molar-refractivity contribution in [2.75, 3.05) is 32.2 Å². The highest BCUT2D eigenvalue weighted by molar-refractivity contribution is 6.42. The number of rotatable bonds is 5. The molecule has 1 aromatic carbocycles. The van der Waals surface area contributed by atoms with Crippen LogP contribution >= 0.6 is 23.2 Å². The molecule has 0 aromatic heterocycles. The second-order valence-corrected chi connectivity index (χ2v) is 5.40. The largest absolute Gasteiger partial charge is 0.378 e. The van der Waals surface area contributed by atoms with E-state index in [1.54, 1.807) is 7.11 Å². The number of hydrogen-bond donors (Lipinski definition) is 1. The summed E-state index contributed by atoms with van der Waals surface area (Å²) in [5, 5.41) is 14.5. The van der Waals surface area contributed by atoms with E-state index in [1.807, 2.05) is 0 Å². The summed E-state index contributed by atoms with van der Waals surface area (Å²) < 4.78 is 10.8. The number of methoxy groups -OCH3 is 1. The van der Waals surface area contributed by atoms with Gasteiger partial charge in [0, 0.05) is 32.7 Å². The Kier molecular flexibility index (Phi) is 4.70. The lowest BCUT2D eigenvalue weighted by Gasteiger charge is -2.26. The molecule has 1 saturated heterocycles. The Morgan fingerprint density at radius 2 is 2.20 bits per heavy atom. The van der Waals surface area contributed by atoms with Crippen molar-refractivity contribution in [3.63, 3.8) is 0 Å². The summed E-state index contributed by atoms with van der Waals surface area (Å²) in [4.78, 5) is 10.5. The van der Waals surface area contributed by atoms with Crippen LogP contribution in [0.2, 0.25) is 10.0 Å². The lowest BCUT2D eigenvalue weighted by molar-refractivity contribution is -0.384. The highest BCUT2D eigenvalue weighted by atomic mass is 35.5. The zero-order chi connectivity index (χ0) is 14.8. The third kappa shape index (κ3) is 3.15. The SMILES string of the molecule is COC1(CNc2cc(Cl)c(Cl)cc2[N+](=O)[O-])CCOC1. The first-order valence-electron chi connectivity index (χ1n) is 5.98. The molecular formula is C12H14Cl2N2O4. The topological polar surface area (TPSA) is 73.6 Å². The first-order chi connectivity index (χ1) is 9.47. The van der Waals surface area contributed by atoms with E-state index in [2.05, 4.69) is 5.32 Å². The highest BCUT2D eigenvalue weighted by Crippen LogP contribution is 2.34. The van der Waals surface area contributed by atoms with Gasteiger partial charge in [0.05, 0.1) is 21.6 Å². The quantitative estimate of drug-likeness (QED) is 0.666. The van der Waals surface area contributed by atoms with Crippen LogP contribution in [0.3, 0.4) is 0 Å². The molecule has 0 bridgehead atoms. The summed E-state index contributed by atoms with van der Waals surface area (Å²) in [6.45, 7) is 1.45. The van der Waals surface area contributed by atoms with Crippen LogP contribution < -0.4 is 5.32 Å². The van der Waals surface area contributed by atoms with Gasteiger partial charge in [-0.15, -0.1) is 0 Å². The monoisotopic (exact) mass is 320 g/mol. The summed E-state index contributed by atoms with van der Waals surface area (Å²) >= 11 is 11.7. The Labute approximate surface area is 126 Å². The van der Waals surface area contributed by atoms with Crippen molar-refractivity contribution in [2.45, 2.75) is 12.0 Å². The Bertz CT molecular complexity index is 518. The zero-order valence-electron chi connectivity index (χ0n) is 10.8. The molecule has 1 fully saturated rings. The molecule has 110 valence electrons. The van der Waals surface area contributed by atoms with Crippen LogP contribution in [0.15, 0.2) is 12.1 Å². The third-order valence-electron chi connectivity index (χ3n) is 3.34. The summed E-state index contributed by atoms with van der Waals surface area (Å²) in [5.74, 6) is 0. The van der Waals surface area contributed by atoms with Gasteiger partial charge in [0.2, 0.25) is 0 Å². The molecular weight excluding hydrogens is 307 g/mol. The van der Waals surface area contributed by atoms with Crippen LogP contribution in [0.1, 0.15) is 6.42 Å². The summed E-state index contributed by atoms with van der Waals surface area (Å²) in [6, 6.07) is 2.68. The van der Waals surface area contributed by atoms with Crippen molar-refractivity contribution in [3.05, 3.63) is 32.3 Å². The molecule has 1 aliphatic heterocycles. The van der Waals surface area contributed by atoms with Crippen molar-refractivity contribution in [2.24, 2.45) is 0 Å². The van der Waals surface area contributed by atoms with Crippen LogP contribution in [0, 0.1) is 10.1 Å². The van der Waals surface area contributed by atoms with Crippen molar-refractivity contribution < 1.29 is 14.4 Å². The van der Waals surface area contributed by atoms with Crippen LogP contribution in [-0.4, -0.2) is 37.4 Å². The van der Waals surface area contributed by atoms with Crippen LogP contribution in [0.4, 0.5) is 11.4 Å². The molecule has 0 spiro atoms. The number of nitrogens with one attached hydrogen (secondary N) is 1. The number of anilines is 1. The Morgan fingerprint density at radius 1 is 1.50 bits per heavy atom. The summed E-state index contributed by atoms with van der Waals surface area (Å²) in [5.41, 5.74) is -0.280. The molecule has 0 saturated carbocycles. The number of nitro groups is 1. The van der Waals surface area contributed by atoms with E-state index in [1.165, 1.54) is 12.1 Å². The maximum absolute atomic E-state index is 11.0. The molecule has 1 N–H and O–H groups in total. The fourth-order valence-electron chi connectivity index (χ4n) is 2.05. The molecule has 1 atom stereocenters. The van der Waals surface area contributed by atoms with Crippen molar-refractivity contribution in [1.82, 2.24) is 0 Å². The predicted molar refractivity (Wildman–Crippen MR) is 76.8 cm³/mol. The molecule has 6 nitrogen and oxygen atoms in total. The highest BCUT2D eigenvalue weighted by Gasteiger charge is 2.35. The van der Waals surface area contributed by atoms with Crippen LogP contribution in [0.5, 0.6) is 0 Å². The maximum atomic E-state index is 11.0. The van der Waals surface area contributed by atoms with Gasteiger partial charge in [-0.05, 0) is 6.07 Å². The molecule has 1 unspecified atom stereocenters. The van der Waals surface area contributed by atoms with E-state index in [9.17, 15) is 10.1 Å². The van der Waals surface area contributed by atoms with Gasteiger partial charge in [-0.25, -0.2) is 0 Å². The van der Waals surface area contributed by atoms with Crippen molar-refractivity contribution in [1.29, 1.82) is 0 Å². The maximum Gasteiger partial charge on any atom is 0.293 e. The molecule has 1 aliphatic rings. The number of halogens is 2. The summed E-state index contributed by atoms with van der Waals surface area (Å²) in [6.07, 6.45) is 0.728. The van der Waals surface area contributed by atoms with Gasteiger partial charge >= 0.3 is 0 Å². The number of ether oxygens (including phenoxy) is 2. The van der Waals surface area contributed by atoms with Gasteiger partial charge in [-0.2, -0.15) is 0 Å². The predicted octanol–water partition coefficient (Wildman–Crippen LogP) is 3.12. The van der Waals surface area contributed by atoms with Crippen LogP contribution in [-0.2, 0) is 9.47 Å². The Balaban J connectivity index is 2.20. The van der Waals surface area contributed by atoms with Gasteiger partial charge in [-0.3, -0.25) is 10.1 Å². The van der Waals surface area contributed by atoms with E-state index in [0.717, 1.165) is 6.42 Å². The number of hydrogen-bond acceptors (Lipinski definition) is 5. The zero-order valence-corrected chi connectivity index (χ0v) is 12.3. The Morgan fingerprint density at radius 3 is 2.75 bits per heavy atom. The first-order valence-corrected chi connectivity index (χ1v) is 6.73. The van der Waals surface area contributed by atoms with Gasteiger partial charge in [0.1, 0.15) is 11.3 Å². The first kappa shape index (κ1) is 15.3. The minimum Gasteiger partial charge on any atom is -0.378 e. The number of benzene rings is 1.